The lowest BCUT2D eigenvalue weighted by Gasteiger charge is -2.13. The largest absolute Gasteiger partial charge is 0.352 e. The quantitative estimate of drug-likeness (QED) is 0.692. The van der Waals surface area contributed by atoms with Crippen LogP contribution in [0.25, 0.3) is 0 Å². The maximum Gasteiger partial charge on any atom is 0.261 e. The Hall–Kier alpha value is -2.38. The molecule has 0 heterocycles. The zero-order valence-corrected chi connectivity index (χ0v) is 16.1. The number of nitrogens with one attached hydrogen (secondary N) is 2. The van der Waals surface area contributed by atoms with E-state index in [0.717, 1.165) is 5.56 Å². The van der Waals surface area contributed by atoms with Crippen molar-refractivity contribution in [3.8, 4) is 0 Å². The number of aryl methyl sites for hydroxylation is 2. The molecular formula is C19H25N3O3S. The molecule has 26 heavy (non-hydrogen) atoms. The van der Waals surface area contributed by atoms with Crippen LogP contribution in [0.3, 0.4) is 0 Å². The molecule has 1 unspecified atom stereocenters. The first kappa shape index (κ1) is 19.9. The van der Waals surface area contributed by atoms with E-state index in [1.807, 2.05) is 19.9 Å². The second-order valence-electron chi connectivity index (χ2n) is 6.50. The predicted molar refractivity (Wildman–Crippen MR) is 104 cm³/mol. The number of nitrogens with two attached hydrogens (primary N) is 1. The molecule has 0 spiro atoms. The van der Waals surface area contributed by atoms with E-state index in [1.54, 1.807) is 31.2 Å². The van der Waals surface area contributed by atoms with Crippen molar-refractivity contribution in [1.29, 1.82) is 0 Å². The van der Waals surface area contributed by atoms with Crippen LogP contribution < -0.4 is 15.8 Å². The smallest absolute Gasteiger partial charge is 0.261 e. The Kier molecular flexibility index (Phi) is 6.39. The molecule has 0 aromatic heterocycles. The van der Waals surface area contributed by atoms with Crippen molar-refractivity contribution in [1.82, 2.24) is 5.32 Å². The number of anilines is 1. The SMILES string of the molecule is Cc1cccc(NS(=O)(=O)c2ccc(C)c(C(=O)NCC(C)CN)c2)c1. The highest BCUT2D eigenvalue weighted by Gasteiger charge is 2.18. The summed E-state index contributed by atoms with van der Waals surface area (Å²) in [4.78, 5) is 12.4. The molecule has 0 radical (unpaired) electrons. The molecule has 0 aliphatic heterocycles. The first-order valence-electron chi connectivity index (χ1n) is 8.41. The lowest BCUT2D eigenvalue weighted by Crippen LogP contribution is -2.31. The minimum absolute atomic E-state index is 0.0432. The van der Waals surface area contributed by atoms with Crippen molar-refractivity contribution in [3.05, 3.63) is 59.2 Å². The highest BCUT2D eigenvalue weighted by atomic mass is 32.2. The summed E-state index contributed by atoms with van der Waals surface area (Å²) in [5.41, 5.74) is 8.02. The van der Waals surface area contributed by atoms with Gasteiger partial charge < -0.3 is 11.1 Å². The van der Waals surface area contributed by atoms with Gasteiger partial charge in [-0.1, -0.05) is 25.1 Å². The third kappa shape index (κ3) is 5.06. The van der Waals surface area contributed by atoms with Gasteiger partial charge in [-0.3, -0.25) is 9.52 Å². The number of rotatable bonds is 7. The monoisotopic (exact) mass is 375 g/mol. The fraction of sp³-hybridized carbons (Fsp3) is 0.316. The van der Waals surface area contributed by atoms with Crippen LogP contribution in [0.15, 0.2) is 47.4 Å². The standard InChI is InChI=1S/C19H25N3O3S/c1-13-5-4-6-16(9-13)22-26(24,25)17-8-7-15(3)18(10-17)19(23)21-12-14(2)11-20/h4-10,14,22H,11-12,20H2,1-3H3,(H,21,23). The fourth-order valence-electron chi connectivity index (χ4n) is 2.38. The van der Waals surface area contributed by atoms with E-state index < -0.39 is 10.0 Å². The predicted octanol–water partition coefficient (Wildman–Crippen LogP) is 2.43. The number of hydrogen-bond acceptors (Lipinski definition) is 4. The summed E-state index contributed by atoms with van der Waals surface area (Å²) in [6, 6.07) is 11.6. The molecule has 1 amide bonds. The van der Waals surface area contributed by atoms with Gasteiger partial charge in [0, 0.05) is 17.8 Å². The molecule has 6 nitrogen and oxygen atoms in total. The summed E-state index contributed by atoms with van der Waals surface area (Å²) in [5, 5.41) is 2.79. The van der Waals surface area contributed by atoms with Crippen LogP contribution in [0.1, 0.15) is 28.4 Å². The van der Waals surface area contributed by atoms with Crippen LogP contribution in [-0.2, 0) is 10.0 Å². The second kappa shape index (κ2) is 8.33. The Morgan fingerprint density at radius 2 is 1.88 bits per heavy atom. The Bertz CT molecular complexity index is 895. The molecule has 1 atom stereocenters. The first-order valence-corrected chi connectivity index (χ1v) is 9.89. The van der Waals surface area contributed by atoms with Gasteiger partial charge in [-0.25, -0.2) is 8.42 Å². The van der Waals surface area contributed by atoms with E-state index in [9.17, 15) is 13.2 Å². The van der Waals surface area contributed by atoms with Crippen molar-refractivity contribution in [3.63, 3.8) is 0 Å². The topological polar surface area (TPSA) is 101 Å². The summed E-state index contributed by atoms with van der Waals surface area (Å²) in [6.45, 7) is 6.49. The van der Waals surface area contributed by atoms with Crippen molar-refractivity contribution in [2.75, 3.05) is 17.8 Å². The highest BCUT2D eigenvalue weighted by Crippen LogP contribution is 2.20. The lowest BCUT2D eigenvalue weighted by molar-refractivity contribution is 0.0947. The Morgan fingerprint density at radius 1 is 1.15 bits per heavy atom. The van der Waals surface area contributed by atoms with Crippen LogP contribution in [0, 0.1) is 19.8 Å². The van der Waals surface area contributed by atoms with Crippen molar-refractivity contribution >= 4 is 21.6 Å². The van der Waals surface area contributed by atoms with Crippen molar-refractivity contribution < 1.29 is 13.2 Å². The number of carbonyl (C=O) groups is 1. The summed E-state index contributed by atoms with van der Waals surface area (Å²) >= 11 is 0. The second-order valence-corrected chi connectivity index (χ2v) is 8.19. The molecule has 140 valence electrons. The van der Waals surface area contributed by atoms with E-state index in [2.05, 4.69) is 10.0 Å². The molecule has 0 saturated heterocycles. The van der Waals surface area contributed by atoms with Gasteiger partial charge in [0.05, 0.1) is 4.90 Å². The van der Waals surface area contributed by atoms with Gasteiger partial charge in [0.25, 0.3) is 15.9 Å². The van der Waals surface area contributed by atoms with Gasteiger partial charge in [0.1, 0.15) is 0 Å². The third-order valence-corrected chi connectivity index (χ3v) is 5.43. The van der Waals surface area contributed by atoms with E-state index in [1.165, 1.54) is 12.1 Å². The molecule has 2 aromatic rings. The molecule has 0 fully saturated rings. The summed E-state index contributed by atoms with van der Waals surface area (Å²) in [6.07, 6.45) is 0. The summed E-state index contributed by atoms with van der Waals surface area (Å²) in [7, 11) is -3.79. The molecule has 0 bridgehead atoms. The number of hydrogen-bond donors (Lipinski definition) is 3. The number of amides is 1. The lowest BCUT2D eigenvalue weighted by atomic mass is 10.1. The van der Waals surface area contributed by atoms with Crippen LogP contribution in [0.2, 0.25) is 0 Å². The highest BCUT2D eigenvalue weighted by molar-refractivity contribution is 7.92. The minimum atomic E-state index is -3.79. The fourth-order valence-corrected chi connectivity index (χ4v) is 3.46. The van der Waals surface area contributed by atoms with Crippen LogP contribution in [-0.4, -0.2) is 27.4 Å². The molecule has 2 rings (SSSR count). The van der Waals surface area contributed by atoms with E-state index >= 15 is 0 Å². The average Bonchev–Trinajstić information content (AvgIpc) is 2.59. The average molecular weight is 375 g/mol. The minimum Gasteiger partial charge on any atom is -0.352 e. The molecule has 0 saturated carbocycles. The van der Waals surface area contributed by atoms with Crippen molar-refractivity contribution in [2.24, 2.45) is 11.7 Å². The van der Waals surface area contributed by atoms with Gasteiger partial charge in [0.15, 0.2) is 0 Å². The molecule has 4 N–H and O–H groups in total. The van der Waals surface area contributed by atoms with E-state index in [-0.39, 0.29) is 16.7 Å². The van der Waals surface area contributed by atoms with Crippen LogP contribution in [0.4, 0.5) is 5.69 Å². The molecule has 7 heteroatoms. The molecular weight excluding hydrogens is 350 g/mol. The van der Waals surface area contributed by atoms with E-state index in [0.29, 0.717) is 29.9 Å². The Morgan fingerprint density at radius 3 is 2.54 bits per heavy atom. The maximum atomic E-state index is 12.7. The zero-order valence-electron chi connectivity index (χ0n) is 15.2. The third-order valence-electron chi connectivity index (χ3n) is 4.05. The van der Waals surface area contributed by atoms with Gasteiger partial charge in [-0.2, -0.15) is 0 Å². The molecule has 0 aliphatic carbocycles. The van der Waals surface area contributed by atoms with Gasteiger partial charge in [0.2, 0.25) is 0 Å². The van der Waals surface area contributed by atoms with E-state index in [4.69, 9.17) is 5.73 Å². The number of benzene rings is 2. The van der Waals surface area contributed by atoms with Crippen molar-refractivity contribution in [2.45, 2.75) is 25.7 Å². The van der Waals surface area contributed by atoms with Gasteiger partial charge in [-0.05, 0) is 61.7 Å². The zero-order chi connectivity index (χ0) is 19.3. The number of sulfonamides is 1. The first-order chi connectivity index (χ1) is 12.2. The normalized spacial score (nSPS) is 12.5. The molecule has 2 aromatic carbocycles. The molecule has 0 aliphatic rings. The van der Waals surface area contributed by atoms with Crippen LogP contribution in [0.5, 0.6) is 0 Å². The van der Waals surface area contributed by atoms with Crippen LogP contribution >= 0.6 is 0 Å². The number of carbonyl (C=O) groups excluding carboxylic acids is 1. The maximum absolute atomic E-state index is 12.7. The summed E-state index contributed by atoms with van der Waals surface area (Å²) < 4.78 is 27.8. The van der Waals surface area contributed by atoms with Gasteiger partial charge in [-0.15, -0.1) is 0 Å². The summed E-state index contributed by atoms with van der Waals surface area (Å²) in [5.74, 6) is -0.162. The van der Waals surface area contributed by atoms with Gasteiger partial charge >= 0.3 is 0 Å². The Balaban J connectivity index is 2.25. The Labute approximate surface area is 154 Å².